The quantitative estimate of drug-likeness (QED) is 0.356. The summed E-state index contributed by atoms with van der Waals surface area (Å²) in [6, 6.07) is 8.90. The van der Waals surface area contributed by atoms with E-state index in [4.69, 9.17) is 4.74 Å². The van der Waals surface area contributed by atoms with Gasteiger partial charge in [0, 0.05) is 18.5 Å². The lowest BCUT2D eigenvalue weighted by Gasteiger charge is -2.26. The molecule has 37 heavy (non-hydrogen) atoms. The molecule has 4 nitrogen and oxygen atoms in total. The number of rotatable bonds is 9. The van der Waals surface area contributed by atoms with Crippen molar-refractivity contribution in [2.75, 3.05) is 19.7 Å². The Morgan fingerprint density at radius 3 is 2.46 bits per heavy atom. The molecule has 2 aromatic carbocycles. The largest absolute Gasteiger partial charge is 0.493 e. The first-order chi connectivity index (χ1) is 17.2. The van der Waals surface area contributed by atoms with Crippen molar-refractivity contribution >= 4 is 5.97 Å². The average molecular weight is 530 g/mol. The molecule has 0 amide bonds. The van der Waals surface area contributed by atoms with E-state index in [9.17, 15) is 36.2 Å². The van der Waals surface area contributed by atoms with Crippen molar-refractivity contribution in [3.63, 3.8) is 0 Å². The number of ether oxygens (including phenoxy) is 1. The van der Waals surface area contributed by atoms with Crippen LogP contribution in [0.15, 0.2) is 42.5 Å². The van der Waals surface area contributed by atoms with E-state index in [0.717, 1.165) is 18.4 Å². The molecule has 10 heteroatoms. The van der Waals surface area contributed by atoms with Crippen LogP contribution in [0.5, 0.6) is 5.75 Å². The Hall–Kier alpha value is -2.75. The van der Waals surface area contributed by atoms with Crippen molar-refractivity contribution in [2.24, 2.45) is 11.3 Å². The molecule has 2 aliphatic rings. The lowest BCUT2D eigenvalue weighted by Crippen LogP contribution is -2.30. The van der Waals surface area contributed by atoms with Crippen molar-refractivity contribution in [3.05, 3.63) is 64.7 Å². The lowest BCUT2D eigenvalue weighted by molar-refractivity contribution is -0.142. The van der Waals surface area contributed by atoms with Gasteiger partial charge in [-0.1, -0.05) is 19.1 Å². The number of hydrogen-bond donors (Lipinski definition) is 1. The Bertz CT molecular complexity index is 1130. The van der Waals surface area contributed by atoms with Gasteiger partial charge in [0.2, 0.25) is 0 Å². The average Bonchev–Trinajstić information content (AvgIpc) is 3.58. The van der Waals surface area contributed by atoms with Gasteiger partial charge in [-0.25, -0.2) is 0 Å². The number of nitrogens with zero attached hydrogens (tertiary/aromatic N) is 1. The standard InChI is InChI=1S/C27H29F6NO3/c1-25(16-37-21-4-2-3-18(12-21)22(13-24(35)36)17-5-6-17)9-10-34(15-25)14-19-11-20(26(28,29)30)7-8-23(19)27(31,32)33/h2-4,7-8,11-12,17,22H,5-6,9-10,13-16H2,1H3,(H,35,36)/t22-,25?/m0/s1. The highest BCUT2D eigenvalue weighted by molar-refractivity contribution is 5.68. The van der Waals surface area contributed by atoms with E-state index >= 15 is 0 Å². The fraction of sp³-hybridized carbons (Fsp3) is 0.519. The Balaban J connectivity index is 1.42. The summed E-state index contributed by atoms with van der Waals surface area (Å²) in [5, 5.41) is 9.27. The van der Waals surface area contributed by atoms with E-state index in [0.29, 0.717) is 49.4 Å². The third-order valence-corrected chi connectivity index (χ3v) is 7.23. The number of carboxylic acids is 1. The van der Waals surface area contributed by atoms with Gasteiger partial charge >= 0.3 is 18.3 Å². The summed E-state index contributed by atoms with van der Waals surface area (Å²) in [6.07, 6.45) is -6.83. The molecule has 1 heterocycles. The fourth-order valence-electron chi connectivity index (χ4n) is 5.13. The molecule has 0 spiro atoms. The van der Waals surface area contributed by atoms with Gasteiger partial charge in [-0.2, -0.15) is 26.3 Å². The molecule has 4 rings (SSSR count). The summed E-state index contributed by atoms with van der Waals surface area (Å²) in [5.74, 6) is 0.0141. The van der Waals surface area contributed by atoms with Crippen molar-refractivity contribution < 1.29 is 41.0 Å². The highest BCUT2D eigenvalue weighted by atomic mass is 19.4. The predicted octanol–water partition coefficient (Wildman–Crippen LogP) is 6.98. The Kier molecular flexibility index (Phi) is 7.52. The molecule has 1 unspecified atom stereocenters. The van der Waals surface area contributed by atoms with Crippen LogP contribution in [0.4, 0.5) is 26.3 Å². The molecule has 1 aliphatic heterocycles. The minimum Gasteiger partial charge on any atom is -0.493 e. The minimum absolute atomic E-state index is 0.0518. The summed E-state index contributed by atoms with van der Waals surface area (Å²) in [6.45, 7) is 2.75. The molecule has 202 valence electrons. The topological polar surface area (TPSA) is 49.8 Å². The number of alkyl halides is 6. The third-order valence-electron chi connectivity index (χ3n) is 7.23. The maximum Gasteiger partial charge on any atom is 0.416 e. The van der Waals surface area contributed by atoms with Crippen LogP contribution in [0.3, 0.4) is 0 Å². The van der Waals surface area contributed by atoms with Gasteiger partial charge in [0.15, 0.2) is 0 Å². The second-order valence-corrected chi connectivity index (χ2v) is 10.5. The van der Waals surface area contributed by atoms with Crippen LogP contribution in [0.2, 0.25) is 0 Å². The fourth-order valence-corrected chi connectivity index (χ4v) is 5.13. The number of hydrogen-bond acceptors (Lipinski definition) is 3. The molecule has 2 aromatic rings. The van der Waals surface area contributed by atoms with Crippen LogP contribution in [-0.4, -0.2) is 35.7 Å². The molecule has 1 saturated carbocycles. The molecule has 1 aliphatic carbocycles. The second-order valence-electron chi connectivity index (χ2n) is 10.5. The zero-order valence-corrected chi connectivity index (χ0v) is 20.3. The number of benzene rings is 2. The van der Waals surface area contributed by atoms with Crippen molar-refractivity contribution in [1.82, 2.24) is 4.90 Å². The van der Waals surface area contributed by atoms with Crippen molar-refractivity contribution in [2.45, 2.75) is 57.4 Å². The van der Waals surface area contributed by atoms with Crippen LogP contribution in [0, 0.1) is 11.3 Å². The molecule has 0 aromatic heterocycles. The van der Waals surface area contributed by atoms with Crippen LogP contribution in [-0.2, 0) is 23.7 Å². The van der Waals surface area contributed by atoms with Gasteiger partial charge in [0.1, 0.15) is 5.75 Å². The molecule has 0 radical (unpaired) electrons. The SMILES string of the molecule is CC1(COc2cccc([C@@H](CC(=O)O)C3CC3)c2)CCN(Cc2cc(C(F)(F)F)ccc2C(F)(F)F)C1. The number of aliphatic carboxylic acids is 1. The van der Waals surface area contributed by atoms with E-state index in [-0.39, 0.29) is 25.5 Å². The molecule has 2 atom stereocenters. The molecular formula is C27H29F6NO3. The number of carboxylic acid groups (broad SMARTS) is 1. The highest BCUT2D eigenvalue weighted by Crippen LogP contribution is 2.45. The minimum atomic E-state index is -4.75. The molecular weight excluding hydrogens is 500 g/mol. The van der Waals surface area contributed by atoms with Crippen LogP contribution in [0.1, 0.15) is 60.8 Å². The Morgan fingerprint density at radius 1 is 1.11 bits per heavy atom. The molecule has 1 saturated heterocycles. The van der Waals surface area contributed by atoms with Crippen molar-refractivity contribution in [1.29, 1.82) is 0 Å². The first-order valence-electron chi connectivity index (χ1n) is 12.2. The summed E-state index contributed by atoms with van der Waals surface area (Å²) < 4.78 is 85.9. The maximum absolute atomic E-state index is 13.5. The molecule has 2 fully saturated rings. The zero-order chi connectivity index (χ0) is 27.0. The molecule has 0 bridgehead atoms. The molecule has 1 N–H and O–H groups in total. The normalized spacial score (nSPS) is 21.7. The number of carbonyl (C=O) groups is 1. The summed E-state index contributed by atoms with van der Waals surface area (Å²) in [4.78, 5) is 13.0. The zero-order valence-electron chi connectivity index (χ0n) is 20.3. The van der Waals surface area contributed by atoms with E-state index in [2.05, 4.69) is 0 Å². The van der Waals surface area contributed by atoms with E-state index in [1.807, 2.05) is 25.1 Å². The second kappa shape index (κ2) is 10.2. The van der Waals surface area contributed by atoms with Gasteiger partial charge in [0.25, 0.3) is 0 Å². The van der Waals surface area contributed by atoms with Gasteiger partial charge in [-0.3, -0.25) is 9.69 Å². The Labute approximate surface area is 211 Å². The van der Waals surface area contributed by atoms with Gasteiger partial charge < -0.3 is 9.84 Å². The number of likely N-dealkylation sites (tertiary alicyclic amines) is 1. The van der Waals surface area contributed by atoms with Gasteiger partial charge in [-0.15, -0.1) is 0 Å². The summed E-state index contributed by atoms with van der Waals surface area (Å²) >= 11 is 0. The smallest absolute Gasteiger partial charge is 0.416 e. The summed E-state index contributed by atoms with van der Waals surface area (Å²) in [7, 11) is 0. The van der Waals surface area contributed by atoms with E-state index in [1.54, 1.807) is 11.0 Å². The highest BCUT2D eigenvalue weighted by Gasteiger charge is 2.40. The van der Waals surface area contributed by atoms with Crippen LogP contribution >= 0.6 is 0 Å². The third kappa shape index (κ3) is 6.97. The lowest BCUT2D eigenvalue weighted by atomic mass is 9.90. The first-order valence-corrected chi connectivity index (χ1v) is 12.2. The maximum atomic E-state index is 13.5. The first kappa shape index (κ1) is 27.3. The van der Waals surface area contributed by atoms with Crippen LogP contribution in [0.25, 0.3) is 0 Å². The van der Waals surface area contributed by atoms with Gasteiger partial charge in [-0.05, 0) is 79.1 Å². The Morgan fingerprint density at radius 2 is 1.84 bits per heavy atom. The summed E-state index contributed by atoms with van der Waals surface area (Å²) in [5.41, 5.74) is -2.07. The predicted molar refractivity (Wildman–Crippen MR) is 124 cm³/mol. The van der Waals surface area contributed by atoms with E-state index in [1.165, 1.54) is 0 Å². The van der Waals surface area contributed by atoms with Crippen molar-refractivity contribution in [3.8, 4) is 5.75 Å². The number of halogens is 6. The monoisotopic (exact) mass is 529 g/mol. The van der Waals surface area contributed by atoms with Gasteiger partial charge in [0.05, 0.1) is 24.2 Å². The van der Waals surface area contributed by atoms with Crippen LogP contribution < -0.4 is 4.74 Å². The van der Waals surface area contributed by atoms with E-state index < -0.39 is 40.4 Å².